The van der Waals surface area contributed by atoms with Crippen molar-refractivity contribution in [3.8, 4) is 11.1 Å². The number of fused-ring (bicyclic) bond motifs is 4. The number of alkyl halides is 3. The largest absolute Gasteiger partial charge is 0.463 e. The Kier molecular flexibility index (Phi) is 26.6. The highest BCUT2D eigenvalue weighted by Crippen LogP contribution is 2.45. The summed E-state index contributed by atoms with van der Waals surface area (Å²) in [6.45, 7) is 1.34. The molecule has 0 saturated carbocycles. The Balaban J connectivity index is 1.07. The Morgan fingerprint density at radius 3 is 1.77 bits per heavy atom. The van der Waals surface area contributed by atoms with Gasteiger partial charge in [-0.3, -0.25) is 38.4 Å². The summed E-state index contributed by atoms with van der Waals surface area (Å²) < 4.78 is 93.0. The first-order chi connectivity index (χ1) is 47.7. The van der Waals surface area contributed by atoms with Gasteiger partial charge in [0.25, 0.3) is 0 Å². The molecule has 34 heteroatoms. The molecular weight excluding hydrogens is 1390 g/mol. The summed E-state index contributed by atoms with van der Waals surface area (Å²) in [5.74, 6) is -8.01. The number of alkyl carbamates (subject to hydrolysis) is 1. The number of aliphatic hydroxyl groups is 1. The maximum atomic E-state index is 14.4. The van der Waals surface area contributed by atoms with Gasteiger partial charge in [0.05, 0.1) is 19.8 Å². The van der Waals surface area contributed by atoms with Crippen molar-refractivity contribution in [2.45, 2.75) is 156 Å². The molecule has 17 atom stereocenters. The smallest absolute Gasteiger partial charge is 0.431 e. The summed E-state index contributed by atoms with van der Waals surface area (Å²) in [5.41, 5.74) is 6.27. The molecule has 9 rings (SSSR count). The fraction of sp³-hybridized carbons (Fsp3) is 0.485. The van der Waals surface area contributed by atoms with Crippen molar-refractivity contribution in [2.24, 2.45) is 0 Å². The van der Waals surface area contributed by atoms with E-state index < -0.39 is 207 Å². The molecule has 4 saturated heterocycles. The molecule has 4 heterocycles. The van der Waals surface area contributed by atoms with Gasteiger partial charge >= 0.3 is 48.0 Å². The molecule has 100 heavy (non-hydrogen) atoms. The highest BCUT2D eigenvalue weighted by molar-refractivity contribution is 6.67. The molecule has 4 fully saturated rings. The van der Waals surface area contributed by atoms with Gasteiger partial charge in [-0.25, -0.2) is 14.4 Å². The highest BCUT2D eigenvalue weighted by atomic mass is 35.6. The average molecular weight is 1460 g/mol. The summed E-state index contributed by atoms with van der Waals surface area (Å²) in [5, 5.41) is 17.9. The minimum Gasteiger partial charge on any atom is -0.463 e. The minimum atomic E-state index is -2.14. The summed E-state index contributed by atoms with van der Waals surface area (Å²) in [6, 6.07) is 27.7. The molecule has 0 bridgehead atoms. The number of benzene rings is 4. The second kappa shape index (κ2) is 35.0. The maximum Gasteiger partial charge on any atom is 0.431 e. The van der Waals surface area contributed by atoms with Crippen LogP contribution < -0.4 is 16.1 Å². The van der Waals surface area contributed by atoms with Gasteiger partial charge in [-0.15, -0.1) is 0 Å². The van der Waals surface area contributed by atoms with Crippen LogP contribution in [0.4, 0.5) is 9.59 Å². The predicted molar refractivity (Wildman–Crippen MR) is 339 cm³/mol. The zero-order chi connectivity index (χ0) is 71.9. The summed E-state index contributed by atoms with van der Waals surface area (Å²) >= 11 is 17.5. The maximum absolute atomic E-state index is 14.4. The Morgan fingerprint density at radius 2 is 1.15 bits per heavy atom. The van der Waals surface area contributed by atoms with Crippen LogP contribution in [0.2, 0.25) is 0 Å². The lowest BCUT2D eigenvalue weighted by molar-refractivity contribution is -0.377. The number of ketones is 1. The van der Waals surface area contributed by atoms with Gasteiger partial charge in [0.1, 0.15) is 62.5 Å². The summed E-state index contributed by atoms with van der Waals surface area (Å²) in [7, 11) is 0. The van der Waals surface area contributed by atoms with Crippen molar-refractivity contribution in [1.82, 2.24) is 16.1 Å². The quantitative estimate of drug-likeness (QED) is 0.0220. The number of Topliss-reactive ketones (excluding diaryl/α,β-unsaturated/α-hetero) is 1. The molecule has 3 amide bonds. The number of carbonyl (C=O) groups is 10. The van der Waals surface area contributed by atoms with Gasteiger partial charge in [-0.2, -0.15) is 5.48 Å². The van der Waals surface area contributed by atoms with Crippen LogP contribution in [0.5, 0.6) is 0 Å². The predicted octanol–water partition coefficient (Wildman–Crippen LogP) is 4.58. The number of esters is 6. The number of amides is 3. The molecule has 1 unspecified atom stereocenters. The number of hydrogen-bond donors (Lipinski definition) is 4. The third kappa shape index (κ3) is 20.3. The molecule has 31 nitrogen and oxygen atoms in total. The van der Waals surface area contributed by atoms with Crippen LogP contribution in [0.3, 0.4) is 0 Å². The monoisotopic (exact) mass is 1460 g/mol. The minimum absolute atomic E-state index is 0.168. The Morgan fingerprint density at radius 1 is 0.560 bits per heavy atom. The van der Waals surface area contributed by atoms with Crippen LogP contribution in [0.15, 0.2) is 109 Å². The van der Waals surface area contributed by atoms with Crippen LogP contribution >= 0.6 is 34.8 Å². The third-order valence-corrected chi connectivity index (χ3v) is 16.1. The van der Waals surface area contributed by atoms with Gasteiger partial charge in [-0.1, -0.05) is 144 Å². The lowest BCUT2D eigenvalue weighted by Crippen LogP contribution is -2.69. The number of halogens is 3. The number of hydrogen-bond acceptors (Lipinski definition) is 28. The molecular formula is C66H72Cl3N3O28. The molecule has 540 valence electrons. The first-order valence-corrected chi connectivity index (χ1v) is 32.3. The van der Waals surface area contributed by atoms with E-state index in [1.807, 2.05) is 54.0 Å². The van der Waals surface area contributed by atoms with Crippen molar-refractivity contribution in [3.05, 3.63) is 131 Å². The zero-order valence-corrected chi connectivity index (χ0v) is 56.6. The molecule has 4 aromatic carbocycles. The number of aliphatic hydroxyl groups excluding tert-OH is 1. The second-order valence-corrected chi connectivity index (χ2v) is 25.7. The first kappa shape index (κ1) is 76.0. The van der Waals surface area contributed by atoms with Crippen LogP contribution in [0, 0.1) is 0 Å². The highest BCUT2D eigenvalue weighted by Gasteiger charge is 2.58. The normalized spacial score (nSPS) is 27.2. The SMILES string of the molecule is CC(=O)N[C@H]1[C@@H](OC[C@H](NC(=O)OCC2c3ccccc3-c3ccccc32)C(=O)OCC(=O)c2ccccc2)O[C@H](CO[C@@H]2O[C@@H]3COC(c4ccccc4)O[C@H]3[C@H](OC(C)=O)[C@H]2ONC(=O)OCC(Cl)(Cl)Cl)[C@H](O)[C@@H]1O[C@@H]1O[C@H](COC(C)=O)[C@H](OC(C)=O)[C@H](OC(C)=O)[C@H]1OC(C)=O. The van der Waals surface area contributed by atoms with E-state index in [0.717, 1.165) is 63.8 Å². The van der Waals surface area contributed by atoms with Gasteiger partial charge in [0.15, 0.2) is 74.1 Å². The van der Waals surface area contributed by atoms with Crippen LogP contribution in [0.25, 0.3) is 11.1 Å². The third-order valence-electron chi connectivity index (χ3n) is 15.8. The van der Waals surface area contributed by atoms with E-state index >= 15 is 0 Å². The summed E-state index contributed by atoms with van der Waals surface area (Å²) in [4.78, 5) is 138. The van der Waals surface area contributed by atoms with Crippen molar-refractivity contribution >= 4 is 94.5 Å². The van der Waals surface area contributed by atoms with E-state index in [0.29, 0.717) is 5.56 Å². The zero-order valence-electron chi connectivity index (χ0n) is 54.3. The lowest BCUT2D eigenvalue weighted by atomic mass is 9.94. The molecule has 0 spiro atoms. The number of ether oxygens (including phenoxy) is 16. The van der Waals surface area contributed by atoms with Crippen LogP contribution in [0.1, 0.15) is 80.8 Å². The average Bonchev–Trinajstić information content (AvgIpc) is 1.75. The van der Waals surface area contributed by atoms with Gasteiger partial charge < -0.3 is 91.5 Å². The summed E-state index contributed by atoms with van der Waals surface area (Å²) in [6.07, 6.45) is -28.4. The number of hydroxylamine groups is 1. The van der Waals surface area contributed by atoms with E-state index in [1.165, 1.54) is 12.1 Å². The number of carbonyl (C=O) groups excluding carboxylic acids is 10. The molecule has 4 aliphatic heterocycles. The lowest BCUT2D eigenvalue weighted by Gasteiger charge is -2.49. The fourth-order valence-corrected chi connectivity index (χ4v) is 11.8. The Labute approximate surface area is 586 Å². The first-order valence-electron chi connectivity index (χ1n) is 31.2. The van der Waals surface area contributed by atoms with Crippen molar-refractivity contribution in [1.29, 1.82) is 0 Å². The standard InChI is InChI=1S/C66H72Cl3N3O28/c1-32(73)70-50-54(99-63-57(94-37(6)78)55(92-35(4)76)52(91-34(3)75)48(97-63)29-84-33(2)74)51(80)47(28-88-62-58(100-72-65(83)90-31-66(67,68)69)56(93-36(5)77)53-49(96-62)30-87-60(98-53)39-19-11-8-12-20-39)95-61(50)86-26-45(59(81)85-27-46(79)38-17-9-7-10-18-38)71-64(82)89-25-44-42-23-15-13-21-40(42)41-22-14-16-24-43(41)44/h7-24,44-45,47-58,60-63,80H,25-31H2,1-6H3,(H,70,73)(H,71,82)(H,72,83)/t45-,47+,48+,49+,50+,51-,52-,53+,54+,55-,56-,57+,58+,60?,61-,62+,63-/m0/s1. The number of nitrogens with one attached hydrogen (secondary N) is 3. The van der Waals surface area contributed by atoms with E-state index in [4.69, 9.17) is 115 Å². The van der Waals surface area contributed by atoms with Crippen molar-refractivity contribution < 1.29 is 134 Å². The fourth-order valence-electron chi connectivity index (χ4n) is 11.7. The van der Waals surface area contributed by atoms with Crippen molar-refractivity contribution in [2.75, 3.05) is 46.2 Å². The molecule has 4 aromatic rings. The molecule has 0 aromatic heterocycles. The van der Waals surface area contributed by atoms with E-state index in [-0.39, 0.29) is 18.8 Å². The second-order valence-electron chi connectivity index (χ2n) is 23.2. The van der Waals surface area contributed by atoms with E-state index in [1.54, 1.807) is 48.5 Å². The van der Waals surface area contributed by atoms with Gasteiger partial charge in [-0.05, 0) is 22.3 Å². The van der Waals surface area contributed by atoms with Crippen molar-refractivity contribution in [3.63, 3.8) is 0 Å². The van der Waals surface area contributed by atoms with E-state index in [9.17, 15) is 53.1 Å². The molecule has 1 aliphatic carbocycles. The molecule has 5 aliphatic rings. The van der Waals surface area contributed by atoms with E-state index in [2.05, 4.69) is 10.6 Å². The van der Waals surface area contributed by atoms with Crippen LogP contribution in [-0.2, 0) is 114 Å². The molecule has 4 N–H and O–H groups in total. The van der Waals surface area contributed by atoms with Gasteiger partial charge in [0.2, 0.25) is 9.70 Å². The van der Waals surface area contributed by atoms with Gasteiger partial charge in [0, 0.05) is 58.6 Å². The Bertz CT molecular complexity index is 3510. The topological polar surface area (TPSA) is 384 Å². The van der Waals surface area contributed by atoms with Crippen LogP contribution in [-0.4, -0.2) is 213 Å². The Hall–Kier alpha value is -8.15. The number of rotatable bonds is 26. The molecule has 0 radical (unpaired) electrons.